The van der Waals surface area contributed by atoms with Gasteiger partial charge >= 0.3 is 0 Å². The van der Waals surface area contributed by atoms with Gasteiger partial charge in [0.2, 0.25) is 0 Å². The van der Waals surface area contributed by atoms with Gasteiger partial charge in [-0.3, -0.25) is 4.90 Å². The van der Waals surface area contributed by atoms with Gasteiger partial charge < -0.3 is 14.3 Å². The fourth-order valence-corrected chi connectivity index (χ4v) is 3.84. The summed E-state index contributed by atoms with van der Waals surface area (Å²) < 4.78 is 7.38. The maximum atomic E-state index is 5.18. The molecule has 0 spiro atoms. The molecule has 0 aliphatic carbocycles. The largest absolute Gasteiger partial charge is 0.383 e. The van der Waals surface area contributed by atoms with E-state index < -0.39 is 0 Å². The third-order valence-electron chi connectivity index (χ3n) is 5.41. The van der Waals surface area contributed by atoms with E-state index in [2.05, 4.69) is 44.6 Å². The molecule has 0 saturated carbocycles. The molecule has 3 heterocycles. The van der Waals surface area contributed by atoms with Gasteiger partial charge in [-0.25, -0.2) is 9.97 Å². The van der Waals surface area contributed by atoms with Gasteiger partial charge in [0, 0.05) is 32.0 Å². The van der Waals surface area contributed by atoms with Crippen LogP contribution in [0.2, 0.25) is 0 Å². The van der Waals surface area contributed by atoms with Gasteiger partial charge in [0.1, 0.15) is 11.6 Å². The molecule has 0 bridgehead atoms. The van der Waals surface area contributed by atoms with Crippen molar-refractivity contribution in [2.45, 2.75) is 38.8 Å². The van der Waals surface area contributed by atoms with E-state index in [1.54, 1.807) is 7.11 Å². The minimum Gasteiger partial charge on any atom is -0.383 e. The van der Waals surface area contributed by atoms with E-state index in [0.29, 0.717) is 5.92 Å². The molecule has 26 heavy (non-hydrogen) atoms. The molecule has 1 fully saturated rings. The number of ether oxygens (including phenoxy) is 1. The first kappa shape index (κ1) is 17.2. The standard InChI is InChI=1S/C20H27N5O/c1-15-4-3-5-17-19(15)23-20(22-17)16-6-9-24(10-7-16)14-18-21-8-11-25(18)12-13-26-2/h3-5,8,11,16H,6-7,9-10,12-14H2,1-2H3,(H,22,23). The predicted molar refractivity (Wildman–Crippen MR) is 102 cm³/mol. The molecule has 0 amide bonds. The molecule has 0 unspecified atom stereocenters. The van der Waals surface area contributed by atoms with Crippen LogP contribution in [0.3, 0.4) is 0 Å². The quantitative estimate of drug-likeness (QED) is 0.740. The Morgan fingerprint density at radius 1 is 1.27 bits per heavy atom. The summed E-state index contributed by atoms with van der Waals surface area (Å²) in [5.41, 5.74) is 3.51. The molecule has 138 valence electrons. The number of aryl methyl sites for hydroxylation is 1. The van der Waals surface area contributed by atoms with Crippen molar-refractivity contribution < 1.29 is 4.74 Å². The number of nitrogens with zero attached hydrogens (tertiary/aromatic N) is 4. The highest BCUT2D eigenvalue weighted by Gasteiger charge is 2.24. The van der Waals surface area contributed by atoms with Gasteiger partial charge in [0.25, 0.3) is 0 Å². The molecule has 1 aromatic carbocycles. The van der Waals surface area contributed by atoms with E-state index in [4.69, 9.17) is 9.72 Å². The average Bonchev–Trinajstić information content (AvgIpc) is 3.28. The van der Waals surface area contributed by atoms with Crippen molar-refractivity contribution in [3.05, 3.63) is 47.8 Å². The third-order valence-corrected chi connectivity index (χ3v) is 5.41. The number of methoxy groups -OCH3 is 1. The van der Waals surface area contributed by atoms with Crippen LogP contribution in [0.5, 0.6) is 0 Å². The smallest absolute Gasteiger partial charge is 0.122 e. The highest BCUT2D eigenvalue weighted by molar-refractivity contribution is 5.78. The topological polar surface area (TPSA) is 59.0 Å². The molecule has 1 aliphatic rings. The maximum Gasteiger partial charge on any atom is 0.122 e. The number of benzene rings is 1. The van der Waals surface area contributed by atoms with Gasteiger partial charge in [-0.2, -0.15) is 0 Å². The number of hydrogen-bond acceptors (Lipinski definition) is 4. The Kier molecular flexibility index (Phi) is 5.04. The van der Waals surface area contributed by atoms with E-state index in [1.165, 1.54) is 5.56 Å². The first-order valence-electron chi connectivity index (χ1n) is 9.41. The minimum atomic E-state index is 0.520. The molecule has 3 aromatic rings. The van der Waals surface area contributed by atoms with Crippen molar-refractivity contribution in [2.75, 3.05) is 26.8 Å². The number of hydrogen-bond donors (Lipinski definition) is 1. The summed E-state index contributed by atoms with van der Waals surface area (Å²) in [7, 11) is 1.74. The lowest BCUT2D eigenvalue weighted by Gasteiger charge is -2.30. The molecular formula is C20H27N5O. The van der Waals surface area contributed by atoms with Gasteiger partial charge in [-0.1, -0.05) is 12.1 Å². The Morgan fingerprint density at radius 2 is 2.12 bits per heavy atom. The van der Waals surface area contributed by atoms with Crippen molar-refractivity contribution in [3.63, 3.8) is 0 Å². The SMILES string of the molecule is COCCn1ccnc1CN1CCC(c2nc3c(C)cccc3[nH]2)CC1. The third kappa shape index (κ3) is 3.52. The molecule has 1 N–H and O–H groups in total. The number of likely N-dealkylation sites (tertiary alicyclic amines) is 1. The number of H-pyrrole nitrogens is 1. The predicted octanol–water partition coefficient (Wildman–Crippen LogP) is 3.09. The fraction of sp³-hybridized carbons (Fsp3) is 0.500. The summed E-state index contributed by atoms with van der Waals surface area (Å²) in [5.74, 6) is 2.79. The summed E-state index contributed by atoms with van der Waals surface area (Å²) in [6.07, 6.45) is 6.20. The number of piperidine rings is 1. The number of nitrogens with one attached hydrogen (secondary N) is 1. The van der Waals surface area contributed by atoms with Gasteiger partial charge in [-0.05, 0) is 44.5 Å². The monoisotopic (exact) mass is 353 g/mol. The van der Waals surface area contributed by atoms with Crippen LogP contribution in [0.15, 0.2) is 30.6 Å². The summed E-state index contributed by atoms with van der Waals surface area (Å²) in [4.78, 5) is 15.4. The lowest BCUT2D eigenvalue weighted by Crippen LogP contribution is -2.33. The molecule has 1 saturated heterocycles. The summed E-state index contributed by atoms with van der Waals surface area (Å²) in [6.45, 7) is 6.77. The molecule has 6 nitrogen and oxygen atoms in total. The maximum absolute atomic E-state index is 5.18. The van der Waals surface area contributed by atoms with Gasteiger partial charge in [0.15, 0.2) is 0 Å². The van der Waals surface area contributed by atoms with Crippen LogP contribution in [-0.4, -0.2) is 51.2 Å². The molecule has 0 radical (unpaired) electrons. The average molecular weight is 353 g/mol. The van der Waals surface area contributed by atoms with Crippen molar-refractivity contribution in [3.8, 4) is 0 Å². The number of imidazole rings is 2. The Hall–Kier alpha value is -2.18. The van der Waals surface area contributed by atoms with Crippen LogP contribution >= 0.6 is 0 Å². The fourth-order valence-electron chi connectivity index (χ4n) is 3.84. The molecule has 6 heteroatoms. The Bertz CT molecular complexity index is 860. The van der Waals surface area contributed by atoms with Crippen molar-refractivity contribution in [1.29, 1.82) is 0 Å². The number of fused-ring (bicyclic) bond motifs is 1. The zero-order valence-electron chi connectivity index (χ0n) is 15.6. The number of aromatic amines is 1. The minimum absolute atomic E-state index is 0.520. The molecule has 1 aliphatic heterocycles. The highest BCUT2D eigenvalue weighted by Crippen LogP contribution is 2.29. The van der Waals surface area contributed by atoms with Crippen LogP contribution < -0.4 is 0 Å². The van der Waals surface area contributed by atoms with E-state index in [0.717, 1.165) is 68.3 Å². The number of rotatable bonds is 6. The van der Waals surface area contributed by atoms with Crippen LogP contribution in [0.4, 0.5) is 0 Å². The van der Waals surface area contributed by atoms with E-state index in [9.17, 15) is 0 Å². The Labute approximate surface area is 154 Å². The zero-order valence-corrected chi connectivity index (χ0v) is 15.6. The summed E-state index contributed by atoms with van der Waals surface area (Å²) in [6, 6.07) is 6.34. The normalized spacial score (nSPS) is 16.5. The zero-order chi connectivity index (χ0) is 17.9. The second-order valence-corrected chi connectivity index (χ2v) is 7.17. The van der Waals surface area contributed by atoms with Crippen molar-refractivity contribution >= 4 is 11.0 Å². The molecular weight excluding hydrogens is 326 g/mol. The van der Waals surface area contributed by atoms with E-state index in [-0.39, 0.29) is 0 Å². The van der Waals surface area contributed by atoms with Crippen LogP contribution in [0, 0.1) is 6.92 Å². The first-order valence-corrected chi connectivity index (χ1v) is 9.41. The second-order valence-electron chi connectivity index (χ2n) is 7.17. The Balaban J connectivity index is 1.38. The van der Waals surface area contributed by atoms with Crippen molar-refractivity contribution in [1.82, 2.24) is 24.4 Å². The molecule has 2 aromatic heterocycles. The van der Waals surface area contributed by atoms with E-state index in [1.807, 2.05) is 12.4 Å². The van der Waals surface area contributed by atoms with Crippen LogP contribution in [0.25, 0.3) is 11.0 Å². The second kappa shape index (κ2) is 7.60. The van der Waals surface area contributed by atoms with Gasteiger partial charge in [-0.15, -0.1) is 0 Å². The molecule has 4 rings (SSSR count). The van der Waals surface area contributed by atoms with Gasteiger partial charge in [0.05, 0.1) is 24.2 Å². The lowest BCUT2D eigenvalue weighted by molar-refractivity contribution is 0.177. The lowest BCUT2D eigenvalue weighted by atomic mass is 9.96. The van der Waals surface area contributed by atoms with E-state index >= 15 is 0 Å². The number of aromatic nitrogens is 4. The van der Waals surface area contributed by atoms with Crippen LogP contribution in [0.1, 0.15) is 36.0 Å². The molecule has 0 atom stereocenters. The van der Waals surface area contributed by atoms with Crippen LogP contribution in [-0.2, 0) is 17.8 Å². The summed E-state index contributed by atoms with van der Waals surface area (Å²) >= 11 is 0. The highest BCUT2D eigenvalue weighted by atomic mass is 16.5. The Morgan fingerprint density at radius 3 is 2.88 bits per heavy atom. The first-order chi connectivity index (χ1) is 12.7. The summed E-state index contributed by atoms with van der Waals surface area (Å²) in [5, 5.41) is 0. The van der Waals surface area contributed by atoms with Crippen molar-refractivity contribution in [2.24, 2.45) is 0 Å². The number of para-hydroxylation sites is 1.